The number of aromatic nitrogens is 2. The van der Waals surface area contributed by atoms with E-state index < -0.39 is 0 Å². The van der Waals surface area contributed by atoms with Crippen molar-refractivity contribution in [2.24, 2.45) is 0 Å². The Bertz CT molecular complexity index is 387. The Kier molecular flexibility index (Phi) is 2.25. The maximum Gasteiger partial charge on any atom is 0.287 e. The number of H-pyrrole nitrogens is 1. The summed E-state index contributed by atoms with van der Waals surface area (Å²) in [6.45, 7) is 1.07. The van der Waals surface area contributed by atoms with Crippen molar-refractivity contribution >= 4 is 5.69 Å². The fourth-order valence-corrected chi connectivity index (χ4v) is 1.89. The molecule has 1 aliphatic rings. The second-order valence-corrected chi connectivity index (χ2v) is 3.72. The lowest BCUT2D eigenvalue weighted by molar-refractivity contribution is 0.310. The molecule has 0 amide bonds. The molecule has 14 heavy (non-hydrogen) atoms. The van der Waals surface area contributed by atoms with Crippen LogP contribution in [0.4, 0.5) is 5.69 Å². The van der Waals surface area contributed by atoms with Crippen LogP contribution in [0.25, 0.3) is 0 Å². The van der Waals surface area contributed by atoms with Gasteiger partial charge in [0.2, 0.25) is 0 Å². The van der Waals surface area contributed by atoms with Gasteiger partial charge in [-0.15, -0.1) is 0 Å². The van der Waals surface area contributed by atoms with Gasteiger partial charge in [-0.05, 0) is 32.5 Å². The van der Waals surface area contributed by atoms with E-state index in [0.29, 0.717) is 6.04 Å². The molecular weight excluding hydrogens is 180 g/mol. The molecule has 0 radical (unpaired) electrons. The van der Waals surface area contributed by atoms with Crippen LogP contribution in [0, 0.1) is 0 Å². The standard InChI is InChI=1S/C9H14N4O/c1-13-4-2-3-8(13)7-5-6(10)9(14)12-11-7/h5,8H,2-4H2,1H3,(H2,10,11)(H,12,14). The summed E-state index contributed by atoms with van der Waals surface area (Å²) in [6.07, 6.45) is 2.25. The van der Waals surface area contributed by atoms with E-state index in [2.05, 4.69) is 22.1 Å². The quantitative estimate of drug-likeness (QED) is 0.665. The molecule has 2 heterocycles. The minimum absolute atomic E-state index is 0.246. The number of rotatable bonds is 1. The molecule has 1 saturated heterocycles. The zero-order valence-electron chi connectivity index (χ0n) is 8.16. The topological polar surface area (TPSA) is 75.0 Å². The van der Waals surface area contributed by atoms with Gasteiger partial charge in [0.05, 0.1) is 11.7 Å². The molecule has 0 aliphatic carbocycles. The second-order valence-electron chi connectivity index (χ2n) is 3.72. The summed E-state index contributed by atoms with van der Waals surface area (Å²) < 4.78 is 0. The first-order valence-electron chi connectivity index (χ1n) is 4.74. The van der Waals surface area contributed by atoms with Gasteiger partial charge in [-0.1, -0.05) is 0 Å². The van der Waals surface area contributed by atoms with Crippen LogP contribution >= 0.6 is 0 Å². The van der Waals surface area contributed by atoms with Crippen LogP contribution in [-0.4, -0.2) is 28.7 Å². The van der Waals surface area contributed by atoms with E-state index >= 15 is 0 Å². The Morgan fingerprint density at radius 3 is 3.07 bits per heavy atom. The minimum atomic E-state index is -0.311. The van der Waals surface area contributed by atoms with Gasteiger partial charge < -0.3 is 5.73 Å². The van der Waals surface area contributed by atoms with Gasteiger partial charge in [-0.25, -0.2) is 5.10 Å². The number of nitrogens with two attached hydrogens (primary N) is 1. The van der Waals surface area contributed by atoms with E-state index in [1.54, 1.807) is 6.07 Å². The zero-order valence-corrected chi connectivity index (χ0v) is 8.16. The Morgan fingerprint density at radius 2 is 2.50 bits per heavy atom. The van der Waals surface area contributed by atoms with Crippen LogP contribution in [0.2, 0.25) is 0 Å². The Labute approximate surface area is 81.9 Å². The largest absolute Gasteiger partial charge is 0.394 e. The second kappa shape index (κ2) is 3.42. The third kappa shape index (κ3) is 1.50. The Morgan fingerprint density at radius 1 is 1.71 bits per heavy atom. The summed E-state index contributed by atoms with van der Waals surface area (Å²) in [5, 5.41) is 6.42. The first-order chi connectivity index (χ1) is 6.68. The predicted octanol–water partition coefficient (Wildman–Crippen LogP) is 0.119. The maximum atomic E-state index is 11.0. The number of hydrogen-bond donors (Lipinski definition) is 2. The maximum absolute atomic E-state index is 11.0. The third-order valence-corrected chi connectivity index (χ3v) is 2.71. The fourth-order valence-electron chi connectivity index (χ4n) is 1.89. The summed E-state index contributed by atoms with van der Waals surface area (Å²) in [5.74, 6) is 0. The minimum Gasteiger partial charge on any atom is -0.394 e. The van der Waals surface area contributed by atoms with Crippen molar-refractivity contribution in [1.82, 2.24) is 15.1 Å². The third-order valence-electron chi connectivity index (χ3n) is 2.71. The van der Waals surface area contributed by atoms with E-state index in [0.717, 1.165) is 18.7 Å². The molecule has 1 aromatic rings. The van der Waals surface area contributed by atoms with Crippen LogP contribution in [-0.2, 0) is 0 Å². The summed E-state index contributed by atoms with van der Waals surface area (Å²) in [5.41, 5.74) is 6.33. The average molecular weight is 194 g/mol. The zero-order chi connectivity index (χ0) is 10.1. The van der Waals surface area contributed by atoms with Crippen molar-refractivity contribution < 1.29 is 0 Å². The van der Waals surface area contributed by atoms with Crippen molar-refractivity contribution in [2.75, 3.05) is 19.3 Å². The number of anilines is 1. The molecular formula is C9H14N4O. The molecule has 0 spiro atoms. The van der Waals surface area contributed by atoms with Crippen LogP contribution in [0.15, 0.2) is 10.9 Å². The number of nitrogens with zero attached hydrogens (tertiary/aromatic N) is 2. The van der Waals surface area contributed by atoms with Crippen molar-refractivity contribution in [3.63, 3.8) is 0 Å². The lowest BCUT2D eigenvalue weighted by Gasteiger charge is -2.18. The molecule has 1 unspecified atom stereocenters. The highest BCUT2D eigenvalue weighted by molar-refractivity contribution is 5.35. The fraction of sp³-hybridized carbons (Fsp3) is 0.556. The molecule has 1 aromatic heterocycles. The lowest BCUT2D eigenvalue weighted by atomic mass is 10.1. The monoisotopic (exact) mass is 194 g/mol. The van der Waals surface area contributed by atoms with Crippen molar-refractivity contribution in [3.8, 4) is 0 Å². The number of nitrogen functional groups attached to an aromatic ring is 1. The van der Waals surface area contributed by atoms with Crippen LogP contribution in [0.1, 0.15) is 24.6 Å². The summed E-state index contributed by atoms with van der Waals surface area (Å²) in [4.78, 5) is 13.2. The van der Waals surface area contributed by atoms with Gasteiger partial charge >= 0.3 is 0 Å². The predicted molar refractivity (Wildman–Crippen MR) is 53.9 cm³/mol. The highest BCUT2D eigenvalue weighted by Gasteiger charge is 2.24. The molecule has 0 bridgehead atoms. The van der Waals surface area contributed by atoms with Crippen molar-refractivity contribution in [2.45, 2.75) is 18.9 Å². The smallest absolute Gasteiger partial charge is 0.287 e. The molecule has 2 rings (SSSR count). The molecule has 0 saturated carbocycles. The van der Waals surface area contributed by atoms with Crippen molar-refractivity contribution in [3.05, 3.63) is 22.1 Å². The van der Waals surface area contributed by atoms with E-state index in [1.807, 2.05) is 0 Å². The average Bonchev–Trinajstić information content (AvgIpc) is 2.57. The van der Waals surface area contributed by atoms with E-state index in [9.17, 15) is 4.79 Å². The molecule has 5 nitrogen and oxygen atoms in total. The summed E-state index contributed by atoms with van der Waals surface area (Å²) in [7, 11) is 2.06. The van der Waals surface area contributed by atoms with Gasteiger partial charge in [0.25, 0.3) is 5.56 Å². The van der Waals surface area contributed by atoms with E-state index in [4.69, 9.17) is 5.73 Å². The number of likely N-dealkylation sites (tertiary alicyclic amines) is 1. The molecule has 1 fully saturated rings. The van der Waals surface area contributed by atoms with Crippen molar-refractivity contribution in [1.29, 1.82) is 0 Å². The van der Waals surface area contributed by atoms with Crippen LogP contribution < -0.4 is 11.3 Å². The number of nitrogens with one attached hydrogen (secondary N) is 1. The van der Waals surface area contributed by atoms with Gasteiger partial charge in [-0.2, -0.15) is 5.10 Å². The lowest BCUT2D eigenvalue weighted by Crippen LogP contribution is -2.22. The van der Waals surface area contributed by atoms with Gasteiger partial charge in [0.1, 0.15) is 5.69 Å². The van der Waals surface area contributed by atoms with Crippen LogP contribution in [0.3, 0.4) is 0 Å². The molecule has 76 valence electrons. The van der Waals surface area contributed by atoms with Gasteiger partial charge in [0, 0.05) is 0 Å². The number of hydrogen-bond acceptors (Lipinski definition) is 4. The highest BCUT2D eigenvalue weighted by Crippen LogP contribution is 2.28. The Balaban J connectivity index is 2.32. The molecule has 1 aliphatic heterocycles. The highest BCUT2D eigenvalue weighted by atomic mass is 16.1. The molecule has 0 aromatic carbocycles. The first kappa shape index (κ1) is 9.21. The van der Waals surface area contributed by atoms with E-state index in [-0.39, 0.29) is 11.2 Å². The molecule has 3 N–H and O–H groups in total. The summed E-state index contributed by atoms with van der Waals surface area (Å²) in [6, 6.07) is 1.97. The van der Waals surface area contributed by atoms with Gasteiger partial charge in [-0.3, -0.25) is 9.69 Å². The Hall–Kier alpha value is -1.36. The SMILES string of the molecule is CN1CCCC1c1cc(N)c(=O)[nH]n1. The van der Waals surface area contributed by atoms with E-state index in [1.165, 1.54) is 6.42 Å². The summed E-state index contributed by atoms with van der Waals surface area (Å²) >= 11 is 0. The normalized spacial score (nSPS) is 22.8. The van der Waals surface area contributed by atoms with Crippen LogP contribution in [0.5, 0.6) is 0 Å². The molecule has 5 heteroatoms. The number of aromatic amines is 1. The van der Waals surface area contributed by atoms with Gasteiger partial charge in [0.15, 0.2) is 0 Å². The first-order valence-corrected chi connectivity index (χ1v) is 4.74. The molecule has 1 atom stereocenters.